The minimum absolute atomic E-state index is 0.170. The average molecular weight is 151 g/mol. The van der Waals surface area contributed by atoms with Crippen molar-refractivity contribution in [1.82, 2.24) is 0 Å². The summed E-state index contributed by atoms with van der Waals surface area (Å²) in [6.07, 6.45) is 0. The minimum Gasteiger partial charge on any atom is -0.399 e. The molecule has 0 aliphatic carbocycles. The SMILES string of the molecule is CC(CO)c1cccc(N)c1. The van der Waals surface area contributed by atoms with Crippen LogP contribution in [0, 0.1) is 0 Å². The predicted octanol–water partition coefficient (Wildman–Crippen LogP) is 1.36. The van der Waals surface area contributed by atoms with Gasteiger partial charge < -0.3 is 10.8 Å². The Morgan fingerprint density at radius 3 is 2.82 bits per heavy atom. The van der Waals surface area contributed by atoms with E-state index in [0.29, 0.717) is 0 Å². The molecular formula is C9H13NO. The Labute approximate surface area is 66.7 Å². The lowest BCUT2D eigenvalue weighted by Crippen LogP contribution is -1.99. The van der Waals surface area contributed by atoms with Crippen LogP contribution in [-0.2, 0) is 0 Å². The largest absolute Gasteiger partial charge is 0.399 e. The summed E-state index contributed by atoms with van der Waals surface area (Å²) in [4.78, 5) is 0. The Bertz CT molecular complexity index is 235. The van der Waals surface area contributed by atoms with Crippen LogP contribution in [0.3, 0.4) is 0 Å². The van der Waals surface area contributed by atoms with Crippen LogP contribution in [-0.4, -0.2) is 11.7 Å². The molecule has 0 heterocycles. The van der Waals surface area contributed by atoms with Crippen molar-refractivity contribution < 1.29 is 5.11 Å². The molecule has 0 aromatic heterocycles. The van der Waals surface area contributed by atoms with Crippen LogP contribution in [0.1, 0.15) is 18.4 Å². The second-order valence-corrected chi connectivity index (χ2v) is 2.75. The Hall–Kier alpha value is -1.02. The molecule has 0 amide bonds. The van der Waals surface area contributed by atoms with Gasteiger partial charge in [0.15, 0.2) is 0 Å². The van der Waals surface area contributed by atoms with Crippen LogP contribution in [0.15, 0.2) is 24.3 Å². The van der Waals surface area contributed by atoms with Gasteiger partial charge in [-0.15, -0.1) is 0 Å². The minimum atomic E-state index is 0.170. The van der Waals surface area contributed by atoms with Gasteiger partial charge in [0.1, 0.15) is 0 Å². The molecule has 1 aromatic rings. The van der Waals surface area contributed by atoms with Crippen LogP contribution in [0.5, 0.6) is 0 Å². The number of aliphatic hydroxyl groups excluding tert-OH is 1. The van der Waals surface area contributed by atoms with Crippen LogP contribution in [0.25, 0.3) is 0 Å². The Morgan fingerprint density at radius 1 is 1.55 bits per heavy atom. The van der Waals surface area contributed by atoms with Crippen molar-refractivity contribution in [3.05, 3.63) is 29.8 Å². The molecule has 3 N–H and O–H groups in total. The van der Waals surface area contributed by atoms with Crippen LogP contribution in [0.4, 0.5) is 5.69 Å². The molecule has 1 atom stereocenters. The number of hydrogen-bond acceptors (Lipinski definition) is 2. The van der Waals surface area contributed by atoms with Crippen molar-refractivity contribution in [2.45, 2.75) is 12.8 Å². The third-order valence-corrected chi connectivity index (χ3v) is 1.75. The molecule has 0 spiro atoms. The fourth-order valence-electron chi connectivity index (χ4n) is 0.971. The maximum Gasteiger partial charge on any atom is 0.0497 e. The number of benzene rings is 1. The summed E-state index contributed by atoms with van der Waals surface area (Å²) in [6.45, 7) is 2.14. The van der Waals surface area contributed by atoms with Crippen molar-refractivity contribution in [2.24, 2.45) is 0 Å². The normalized spacial score (nSPS) is 12.9. The molecule has 1 unspecified atom stereocenters. The fraction of sp³-hybridized carbons (Fsp3) is 0.333. The lowest BCUT2D eigenvalue weighted by Gasteiger charge is -2.07. The summed E-state index contributed by atoms with van der Waals surface area (Å²) in [5.74, 6) is 0.179. The van der Waals surface area contributed by atoms with Gasteiger partial charge >= 0.3 is 0 Å². The summed E-state index contributed by atoms with van der Waals surface area (Å²) < 4.78 is 0. The van der Waals surface area contributed by atoms with E-state index in [-0.39, 0.29) is 12.5 Å². The van der Waals surface area contributed by atoms with Crippen molar-refractivity contribution in [1.29, 1.82) is 0 Å². The number of nitrogens with two attached hydrogens (primary N) is 1. The van der Waals surface area contributed by atoms with E-state index in [2.05, 4.69) is 0 Å². The van der Waals surface area contributed by atoms with Crippen molar-refractivity contribution in [2.75, 3.05) is 12.3 Å². The van der Waals surface area contributed by atoms with E-state index in [1.165, 1.54) is 0 Å². The zero-order chi connectivity index (χ0) is 8.27. The fourth-order valence-corrected chi connectivity index (χ4v) is 0.971. The summed E-state index contributed by atoms with van der Waals surface area (Å²) in [6, 6.07) is 7.60. The molecule has 11 heavy (non-hydrogen) atoms. The molecule has 1 rings (SSSR count). The van der Waals surface area contributed by atoms with Gasteiger partial charge in [-0.25, -0.2) is 0 Å². The molecule has 0 radical (unpaired) electrons. The standard InChI is InChI=1S/C9H13NO/c1-7(6-11)8-3-2-4-9(10)5-8/h2-5,7,11H,6,10H2,1H3. The summed E-state index contributed by atoms with van der Waals surface area (Å²) in [5.41, 5.74) is 7.41. The average Bonchev–Trinajstić information content (AvgIpc) is 2.03. The van der Waals surface area contributed by atoms with Gasteiger partial charge in [-0.05, 0) is 17.7 Å². The highest BCUT2D eigenvalue weighted by molar-refractivity contribution is 5.41. The Kier molecular flexibility index (Phi) is 2.49. The second kappa shape index (κ2) is 3.39. The monoisotopic (exact) mass is 151 g/mol. The first-order valence-electron chi connectivity index (χ1n) is 3.70. The highest BCUT2D eigenvalue weighted by Gasteiger charge is 2.02. The number of aliphatic hydroxyl groups is 1. The van der Waals surface area contributed by atoms with Crippen LogP contribution < -0.4 is 5.73 Å². The Balaban J connectivity index is 2.86. The highest BCUT2D eigenvalue weighted by atomic mass is 16.3. The van der Waals surface area contributed by atoms with Gasteiger partial charge in [0.25, 0.3) is 0 Å². The van der Waals surface area contributed by atoms with Gasteiger partial charge in [-0.2, -0.15) is 0 Å². The molecule has 0 fully saturated rings. The number of hydrogen-bond donors (Lipinski definition) is 2. The summed E-state index contributed by atoms with van der Waals surface area (Å²) >= 11 is 0. The molecule has 0 bridgehead atoms. The smallest absolute Gasteiger partial charge is 0.0497 e. The summed E-state index contributed by atoms with van der Waals surface area (Å²) in [5, 5.41) is 8.84. The zero-order valence-corrected chi connectivity index (χ0v) is 6.62. The van der Waals surface area contributed by atoms with Gasteiger partial charge in [-0.3, -0.25) is 0 Å². The second-order valence-electron chi connectivity index (χ2n) is 2.75. The zero-order valence-electron chi connectivity index (χ0n) is 6.62. The molecule has 0 saturated heterocycles. The summed E-state index contributed by atoms with van der Waals surface area (Å²) in [7, 11) is 0. The van der Waals surface area contributed by atoms with Crippen LogP contribution in [0.2, 0.25) is 0 Å². The van der Waals surface area contributed by atoms with Gasteiger partial charge in [0.05, 0.1) is 0 Å². The molecular weight excluding hydrogens is 138 g/mol. The third kappa shape index (κ3) is 1.95. The lowest BCUT2D eigenvalue weighted by molar-refractivity contribution is 0.273. The van der Waals surface area contributed by atoms with E-state index in [4.69, 9.17) is 10.8 Å². The molecule has 0 aliphatic rings. The van der Waals surface area contributed by atoms with E-state index < -0.39 is 0 Å². The molecule has 60 valence electrons. The maximum atomic E-state index is 8.84. The lowest BCUT2D eigenvalue weighted by atomic mass is 10.0. The quantitative estimate of drug-likeness (QED) is 0.627. The molecule has 1 aromatic carbocycles. The van der Waals surface area contributed by atoms with Crippen LogP contribution >= 0.6 is 0 Å². The van der Waals surface area contributed by atoms with E-state index in [9.17, 15) is 0 Å². The van der Waals surface area contributed by atoms with Crippen molar-refractivity contribution in [3.63, 3.8) is 0 Å². The third-order valence-electron chi connectivity index (χ3n) is 1.75. The van der Waals surface area contributed by atoms with Gasteiger partial charge in [-0.1, -0.05) is 19.1 Å². The van der Waals surface area contributed by atoms with Gasteiger partial charge in [0, 0.05) is 18.2 Å². The molecule has 2 nitrogen and oxygen atoms in total. The van der Waals surface area contributed by atoms with Gasteiger partial charge in [0.2, 0.25) is 0 Å². The van der Waals surface area contributed by atoms with E-state index >= 15 is 0 Å². The molecule has 0 aliphatic heterocycles. The van der Waals surface area contributed by atoms with Crippen molar-refractivity contribution >= 4 is 5.69 Å². The number of anilines is 1. The first-order valence-corrected chi connectivity index (χ1v) is 3.70. The highest BCUT2D eigenvalue weighted by Crippen LogP contribution is 2.16. The number of rotatable bonds is 2. The molecule has 2 heteroatoms. The topological polar surface area (TPSA) is 46.2 Å². The maximum absolute atomic E-state index is 8.84. The number of nitrogen functional groups attached to an aromatic ring is 1. The predicted molar refractivity (Wildman–Crippen MR) is 46.4 cm³/mol. The van der Waals surface area contributed by atoms with E-state index in [0.717, 1.165) is 11.3 Å². The van der Waals surface area contributed by atoms with E-state index in [1.807, 2.05) is 31.2 Å². The van der Waals surface area contributed by atoms with Crippen molar-refractivity contribution in [3.8, 4) is 0 Å². The Morgan fingerprint density at radius 2 is 2.27 bits per heavy atom. The first-order chi connectivity index (χ1) is 5.24. The van der Waals surface area contributed by atoms with E-state index in [1.54, 1.807) is 0 Å². The first kappa shape index (κ1) is 8.08. The molecule has 0 saturated carbocycles.